The summed E-state index contributed by atoms with van der Waals surface area (Å²) in [7, 11) is 0. The van der Waals surface area contributed by atoms with Crippen molar-refractivity contribution in [2.75, 3.05) is 13.1 Å². The van der Waals surface area contributed by atoms with Crippen molar-refractivity contribution in [1.82, 2.24) is 10.3 Å². The van der Waals surface area contributed by atoms with Gasteiger partial charge in [-0.05, 0) is 43.6 Å². The van der Waals surface area contributed by atoms with E-state index in [2.05, 4.69) is 15.4 Å². The van der Waals surface area contributed by atoms with Crippen molar-refractivity contribution in [2.24, 2.45) is 11.0 Å². The number of fused-ring (bicyclic) bond motifs is 2. The van der Waals surface area contributed by atoms with Crippen molar-refractivity contribution >= 4 is 28.9 Å². The molecule has 0 radical (unpaired) electrons. The molecule has 5 heteroatoms. The number of hydrazone groups is 1. The minimum absolute atomic E-state index is 0.216. The second kappa shape index (κ2) is 4.37. The minimum Gasteiger partial charge on any atom is -0.301 e. The zero-order chi connectivity index (χ0) is 13.0. The van der Waals surface area contributed by atoms with Gasteiger partial charge in [0.25, 0.3) is 0 Å². The second-order valence-electron chi connectivity index (χ2n) is 5.57. The number of piperidine rings is 3. The van der Waals surface area contributed by atoms with E-state index in [-0.39, 0.29) is 6.04 Å². The standard InChI is InChI=1S/C14H15Cl2N3/c15-10-2-1-9(7-11(10)16)13-14-12(17-18-13)8-3-5-19(14)6-4-8/h1-2,7-8,13-14,18H,3-6H2/t13-,14+/m0/s1. The van der Waals surface area contributed by atoms with E-state index in [0.717, 1.165) is 0 Å². The third kappa shape index (κ3) is 1.79. The summed E-state index contributed by atoms with van der Waals surface area (Å²) in [6, 6.07) is 6.50. The molecule has 4 aliphatic rings. The van der Waals surface area contributed by atoms with Crippen LogP contribution in [0.25, 0.3) is 0 Å². The maximum Gasteiger partial charge on any atom is 0.0899 e. The Balaban J connectivity index is 1.69. The number of rotatable bonds is 1. The largest absolute Gasteiger partial charge is 0.301 e. The summed E-state index contributed by atoms with van der Waals surface area (Å²) in [5.41, 5.74) is 5.82. The van der Waals surface area contributed by atoms with Crippen LogP contribution in [0.3, 0.4) is 0 Å². The van der Waals surface area contributed by atoms with Crippen molar-refractivity contribution in [1.29, 1.82) is 0 Å². The van der Waals surface area contributed by atoms with Crippen molar-refractivity contribution in [3.05, 3.63) is 33.8 Å². The van der Waals surface area contributed by atoms with Crippen LogP contribution in [0.15, 0.2) is 23.3 Å². The SMILES string of the molecule is Clc1ccc([C@@H]2NN=C3C4CCN(CC4)[C@H]32)cc1Cl. The zero-order valence-corrected chi connectivity index (χ0v) is 12.0. The number of halogens is 2. The molecule has 3 fully saturated rings. The summed E-state index contributed by atoms with van der Waals surface area (Å²) >= 11 is 12.1. The topological polar surface area (TPSA) is 27.6 Å². The monoisotopic (exact) mass is 295 g/mol. The predicted octanol–water partition coefficient (Wildman–Crippen LogP) is 3.09. The third-order valence-corrected chi connectivity index (χ3v) is 5.33. The molecule has 4 aliphatic heterocycles. The number of nitrogens with zero attached hydrogens (tertiary/aromatic N) is 2. The lowest BCUT2D eigenvalue weighted by Crippen LogP contribution is -2.56. The molecule has 5 rings (SSSR count). The van der Waals surface area contributed by atoms with E-state index in [1.807, 2.05) is 18.2 Å². The Morgan fingerprint density at radius 2 is 1.95 bits per heavy atom. The van der Waals surface area contributed by atoms with Crippen molar-refractivity contribution in [3.63, 3.8) is 0 Å². The van der Waals surface area contributed by atoms with Gasteiger partial charge in [0.2, 0.25) is 0 Å². The van der Waals surface area contributed by atoms with E-state index in [1.54, 1.807) is 0 Å². The first-order valence-electron chi connectivity index (χ1n) is 6.76. The Morgan fingerprint density at radius 3 is 2.68 bits per heavy atom. The van der Waals surface area contributed by atoms with E-state index in [4.69, 9.17) is 23.2 Å². The number of nitrogens with one attached hydrogen (secondary N) is 1. The van der Waals surface area contributed by atoms with Crippen LogP contribution in [0.5, 0.6) is 0 Å². The van der Waals surface area contributed by atoms with Gasteiger partial charge in [-0.1, -0.05) is 29.3 Å². The fourth-order valence-electron chi connectivity index (χ4n) is 3.62. The molecule has 0 aliphatic carbocycles. The molecule has 100 valence electrons. The van der Waals surface area contributed by atoms with E-state index >= 15 is 0 Å². The van der Waals surface area contributed by atoms with Gasteiger partial charge in [0, 0.05) is 5.92 Å². The number of hydrogen-bond acceptors (Lipinski definition) is 3. The Labute approximate surface area is 122 Å². The van der Waals surface area contributed by atoms with Crippen LogP contribution >= 0.6 is 23.2 Å². The van der Waals surface area contributed by atoms with Gasteiger partial charge in [-0.25, -0.2) is 0 Å². The molecule has 1 aromatic carbocycles. The lowest BCUT2D eigenvalue weighted by Gasteiger charge is -2.45. The highest BCUT2D eigenvalue weighted by Gasteiger charge is 2.46. The minimum atomic E-state index is 0.216. The molecule has 0 spiro atoms. The van der Waals surface area contributed by atoms with E-state index in [9.17, 15) is 0 Å². The summed E-state index contributed by atoms with van der Waals surface area (Å²) in [5.74, 6) is 0.676. The first-order valence-corrected chi connectivity index (χ1v) is 7.51. The molecule has 1 aromatic rings. The zero-order valence-electron chi connectivity index (χ0n) is 10.4. The Hall–Kier alpha value is -0.770. The highest BCUT2D eigenvalue weighted by Crippen LogP contribution is 2.39. The summed E-state index contributed by atoms with van der Waals surface area (Å²) in [6.45, 7) is 2.38. The van der Waals surface area contributed by atoms with Gasteiger partial charge in [0.15, 0.2) is 0 Å². The molecule has 4 heterocycles. The smallest absolute Gasteiger partial charge is 0.0899 e. The molecule has 1 N–H and O–H groups in total. The molecule has 3 nitrogen and oxygen atoms in total. The van der Waals surface area contributed by atoms with Crippen molar-refractivity contribution in [3.8, 4) is 0 Å². The van der Waals surface area contributed by atoms with Crippen LogP contribution in [0.1, 0.15) is 24.4 Å². The van der Waals surface area contributed by atoms with E-state index in [1.165, 1.54) is 37.2 Å². The van der Waals surface area contributed by atoms with Crippen LogP contribution in [-0.4, -0.2) is 29.7 Å². The fourth-order valence-corrected chi connectivity index (χ4v) is 3.92. The van der Waals surface area contributed by atoms with Gasteiger partial charge in [-0.3, -0.25) is 4.90 Å². The van der Waals surface area contributed by atoms with Gasteiger partial charge < -0.3 is 5.43 Å². The first kappa shape index (κ1) is 12.0. The van der Waals surface area contributed by atoms with E-state index in [0.29, 0.717) is 22.0 Å². The third-order valence-electron chi connectivity index (χ3n) is 4.60. The van der Waals surface area contributed by atoms with Gasteiger partial charge in [-0.2, -0.15) is 5.10 Å². The van der Waals surface area contributed by atoms with Gasteiger partial charge in [-0.15, -0.1) is 0 Å². The molecule has 0 saturated carbocycles. The molecular formula is C14H15Cl2N3. The molecule has 2 bridgehead atoms. The lowest BCUT2D eigenvalue weighted by molar-refractivity contribution is 0.133. The van der Waals surface area contributed by atoms with Crippen molar-refractivity contribution in [2.45, 2.75) is 24.9 Å². The van der Waals surface area contributed by atoms with E-state index < -0.39 is 0 Å². The maximum absolute atomic E-state index is 6.14. The first-order chi connectivity index (χ1) is 9.24. The predicted molar refractivity (Wildman–Crippen MR) is 77.9 cm³/mol. The van der Waals surface area contributed by atoms with Crippen LogP contribution in [0.4, 0.5) is 0 Å². The van der Waals surface area contributed by atoms with Crippen LogP contribution < -0.4 is 5.43 Å². The van der Waals surface area contributed by atoms with Crippen LogP contribution in [0.2, 0.25) is 10.0 Å². The molecule has 0 unspecified atom stereocenters. The van der Waals surface area contributed by atoms with Crippen molar-refractivity contribution < 1.29 is 0 Å². The summed E-state index contributed by atoms with van der Waals surface area (Å²) in [5, 5.41) is 5.82. The molecule has 2 atom stereocenters. The average Bonchev–Trinajstić information content (AvgIpc) is 2.90. The summed E-state index contributed by atoms with van der Waals surface area (Å²) < 4.78 is 0. The average molecular weight is 296 g/mol. The molecule has 0 aromatic heterocycles. The quantitative estimate of drug-likeness (QED) is 0.862. The second-order valence-corrected chi connectivity index (χ2v) is 6.39. The summed E-state index contributed by atoms with van der Waals surface area (Å²) in [4.78, 5) is 2.55. The normalized spacial score (nSPS) is 35.8. The summed E-state index contributed by atoms with van der Waals surface area (Å²) in [6.07, 6.45) is 2.51. The number of benzene rings is 1. The molecule has 3 saturated heterocycles. The van der Waals surface area contributed by atoms with Crippen LogP contribution in [0, 0.1) is 5.92 Å². The highest BCUT2D eigenvalue weighted by molar-refractivity contribution is 6.42. The Morgan fingerprint density at radius 1 is 1.16 bits per heavy atom. The van der Waals surface area contributed by atoms with Gasteiger partial charge in [0.1, 0.15) is 0 Å². The molecule has 19 heavy (non-hydrogen) atoms. The Bertz CT molecular complexity index is 550. The number of hydrogen-bond donors (Lipinski definition) is 1. The lowest BCUT2D eigenvalue weighted by atomic mass is 9.78. The van der Waals surface area contributed by atoms with Gasteiger partial charge in [0.05, 0.1) is 27.8 Å². The fraction of sp³-hybridized carbons (Fsp3) is 0.500. The Kier molecular flexibility index (Phi) is 2.76. The van der Waals surface area contributed by atoms with Gasteiger partial charge >= 0.3 is 0 Å². The molecule has 0 amide bonds. The molecular weight excluding hydrogens is 281 g/mol. The maximum atomic E-state index is 6.14. The highest BCUT2D eigenvalue weighted by atomic mass is 35.5. The van der Waals surface area contributed by atoms with Crippen LogP contribution in [-0.2, 0) is 0 Å².